The minimum atomic E-state index is -3.86. The summed E-state index contributed by atoms with van der Waals surface area (Å²) in [6.45, 7) is 1.65. The molecule has 0 aliphatic carbocycles. The van der Waals surface area contributed by atoms with Gasteiger partial charge in [-0.3, -0.25) is 9.59 Å². The Bertz CT molecular complexity index is 1030. The summed E-state index contributed by atoms with van der Waals surface area (Å²) in [7, 11) is -3.86. The van der Waals surface area contributed by atoms with Gasteiger partial charge in [-0.25, -0.2) is 4.39 Å². The highest BCUT2D eigenvalue weighted by molar-refractivity contribution is 7.86. The summed E-state index contributed by atoms with van der Waals surface area (Å²) in [6.07, 6.45) is 0.557. The van der Waals surface area contributed by atoms with Crippen molar-refractivity contribution in [3.63, 3.8) is 0 Å². The lowest BCUT2D eigenvalue weighted by atomic mass is 10.1. The maximum Gasteiger partial charge on any atom is 0.282 e. The first-order chi connectivity index (χ1) is 13.8. The van der Waals surface area contributed by atoms with E-state index < -0.39 is 21.9 Å². The van der Waals surface area contributed by atoms with Gasteiger partial charge < -0.3 is 5.32 Å². The van der Waals surface area contributed by atoms with Crippen LogP contribution in [0.4, 0.5) is 10.1 Å². The van der Waals surface area contributed by atoms with E-state index in [-0.39, 0.29) is 25.4 Å². The molecule has 1 aliphatic rings. The number of rotatable bonds is 6. The van der Waals surface area contributed by atoms with Crippen molar-refractivity contribution in [1.82, 2.24) is 8.61 Å². The minimum absolute atomic E-state index is 0.0405. The Morgan fingerprint density at radius 1 is 1.07 bits per heavy atom. The lowest BCUT2D eigenvalue weighted by molar-refractivity contribution is -0.116. The van der Waals surface area contributed by atoms with Gasteiger partial charge in [-0.1, -0.05) is 24.3 Å². The summed E-state index contributed by atoms with van der Waals surface area (Å²) in [6, 6.07) is 12.2. The maximum atomic E-state index is 13.4. The normalized spacial score (nSPS) is 17.0. The predicted octanol–water partition coefficient (Wildman–Crippen LogP) is 2.42. The van der Waals surface area contributed by atoms with Gasteiger partial charge in [0.05, 0.1) is 6.54 Å². The van der Waals surface area contributed by atoms with Crippen LogP contribution in [-0.4, -0.2) is 48.4 Å². The topological polar surface area (TPSA) is 86.8 Å². The standard InChI is InChI=1S/C20H22FN3O4S/c1-15(25)17-6-3-8-19(12-17)22-20(26)14-24-10-4-9-23(29(24,27)28)13-16-5-2-7-18(21)11-16/h2-3,5-8,11-12H,4,9-10,13-14H2,1H3,(H,22,26). The summed E-state index contributed by atoms with van der Waals surface area (Å²) >= 11 is 0. The van der Waals surface area contributed by atoms with Gasteiger partial charge in [-0.15, -0.1) is 0 Å². The van der Waals surface area contributed by atoms with E-state index in [9.17, 15) is 22.4 Å². The second-order valence-corrected chi connectivity index (χ2v) is 8.77. The predicted molar refractivity (Wildman–Crippen MR) is 107 cm³/mol. The number of ketones is 1. The van der Waals surface area contributed by atoms with E-state index in [2.05, 4.69) is 5.32 Å². The van der Waals surface area contributed by atoms with Crippen LogP contribution >= 0.6 is 0 Å². The molecule has 0 aromatic heterocycles. The Hall–Kier alpha value is -2.62. The SMILES string of the molecule is CC(=O)c1cccc(NC(=O)CN2CCCN(Cc3cccc(F)c3)S2(=O)=O)c1. The van der Waals surface area contributed by atoms with Crippen molar-refractivity contribution in [3.8, 4) is 0 Å². The number of amides is 1. The average molecular weight is 419 g/mol. The van der Waals surface area contributed by atoms with Crippen molar-refractivity contribution < 1.29 is 22.4 Å². The highest BCUT2D eigenvalue weighted by Gasteiger charge is 2.34. The summed E-state index contributed by atoms with van der Waals surface area (Å²) in [5, 5.41) is 2.63. The van der Waals surface area contributed by atoms with Crippen molar-refractivity contribution in [1.29, 1.82) is 0 Å². The quantitative estimate of drug-likeness (QED) is 0.729. The Morgan fingerprint density at radius 2 is 1.79 bits per heavy atom. The molecule has 7 nitrogen and oxygen atoms in total. The van der Waals surface area contributed by atoms with Crippen LogP contribution in [-0.2, 0) is 21.5 Å². The summed E-state index contributed by atoms with van der Waals surface area (Å²) < 4.78 is 41.5. The number of carbonyl (C=O) groups is 2. The van der Waals surface area contributed by atoms with Crippen LogP contribution < -0.4 is 5.32 Å². The Balaban J connectivity index is 1.67. The van der Waals surface area contributed by atoms with Crippen LogP contribution in [0.25, 0.3) is 0 Å². The summed E-state index contributed by atoms with van der Waals surface area (Å²) in [4.78, 5) is 23.9. The maximum absolute atomic E-state index is 13.4. The van der Waals surface area contributed by atoms with E-state index in [1.807, 2.05) is 0 Å². The van der Waals surface area contributed by atoms with Crippen molar-refractivity contribution in [2.75, 3.05) is 25.0 Å². The number of nitrogens with zero attached hydrogens (tertiary/aromatic N) is 2. The molecule has 0 saturated carbocycles. The largest absolute Gasteiger partial charge is 0.325 e. The molecule has 0 atom stereocenters. The van der Waals surface area contributed by atoms with E-state index in [1.165, 1.54) is 29.4 Å². The van der Waals surface area contributed by atoms with Gasteiger partial charge in [0.25, 0.3) is 10.2 Å². The van der Waals surface area contributed by atoms with Crippen LogP contribution in [0.1, 0.15) is 29.3 Å². The first-order valence-corrected chi connectivity index (χ1v) is 10.6. The fraction of sp³-hybridized carbons (Fsp3) is 0.300. The van der Waals surface area contributed by atoms with E-state index in [4.69, 9.17) is 0 Å². The molecule has 2 aromatic carbocycles. The van der Waals surface area contributed by atoms with Crippen LogP contribution in [0.5, 0.6) is 0 Å². The van der Waals surface area contributed by atoms with Crippen molar-refractivity contribution >= 4 is 27.6 Å². The van der Waals surface area contributed by atoms with Gasteiger partial charge in [0, 0.05) is 30.9 Å². The molecule has 9 heteroatoms. The molecule has 3 rings (SSSR count). The van der Waals surface area contributed by atoms with Crippen molar-refractivity contribution in [2.45, 2.75) is 19.9 Å². The highest BCUT2D eigenvalue weighted by Crippen LogP contribution is 2.20. The van der Waals surface area contributed by atoms with Crippen LogP contribution in [0, 0.1) is 5.82 Å². The zero-order valence-corrected chi connectivity index (χ0v) is 16.8. The van der Waals surface area contributed by atoms with Gasteiger partial charge >= 0.3 is 0 Å². The Morgan fingerprint density at radius 3 is 2.52 bits per heavy atom. The van der Waals surface area contributed by atoms with Crippen LogP contribution in [0.3, 0.4) is 0 Å². The van der Waals surface area contributed by atoms with E-state index in [1.54, 1.807) is 30.3 Å². The lowest BCUT2D eigenvalue weighted by Crippen LogP contribution is -2.51. The van der Waals surface area contributed by atoms with Gasteiger partial charge in [-0.2, -0.15) is 17.0 Å². The summed E-state index contributed by atoms with van der Waals surface area (Å²) in [5.41, 5.74) is 1.42. The smallest absolute Gasteiger partial charge is 0.282 e. The molecule has 29 heavy (non-hydrogen) atoms. The number of Topliss-reactive ketones (excluding diaryl/α,β-unsaturated/α-hetero) is 1. The van der Waals surface area contributed by atoms with Crippen LogP contribution in [0.15, 0.2) is 48.5 Å². The lowest BCUT2D eigenvalue weighted by Gasteiger charge is -2.34. The average Bonchev–Trinajstić information content (AvgIpc) is 2.65. The van der Waals surface area contributed by atoms with E-state index in [0.717, 1.165) is 4.31 Å². The van der Waals surface area contributed by atoms with Crippen LogP contribution in [0.2, 0.25) is 0 Å². The molecule has 1 N–H and O–H groups in total. The molecule has 154 valence electrons. The number of hydrogen-bond donors (Lipinski definition) is 1. The molecule has 2 aromatic rings. The van der Waals surface area contributed by atoms with Crippen molar-refractivity contribution in [3.05, 3.63) is 65.5 Å². The highest BCUT2D eigenvalue weighted by atomic mass is 32.2. The monoisotopic (exact) mass is 419 g/mol. The second kappa shape index (κ2) is 8.81. The number of anilines is 1. The molecule has 1 amide bonds. The number of carbonyl (C=O) groups excluding carboxylic acids is 2. The van der Waals surface area contributed by atoms with Gasteiger partial charge in [0.1, 0.15) is 5.82 Å². The number of hydrogen-bond acceptors (Lipinski definition) is 4. The first-order valence-electron chi connectivity index (χ1n) is 9.16. The molecule has 0 unspecified atom stereocenters. The third-order valence-electron chi connectivity index (χ3n) is 4.59. The molecule has 1 fully saturated rings. The third kappa shape index (κ3) is 5.26. The fourth-order valence-corrected chi connectivity index (χ4v) is 4.79. The van der Waals surface area contributed by atoms with Gasteiger partial charge in [-0.05, 0) is 43.2 Å². The fourth-order valence-electron chi connectivity index (χ4n) is 3.15. The molecule has 1 saturated heterocycles. The number of benzene rings is 2. The summed E-state index contributed by atoms with van der Waals surface area (Å²) in [5.74, 6) is -1.06. The van der Waals surface area contributed by atoms with Gasteiger partial charge in [0.15, 0.2) is 5.78 Å². The molecular weight excluding hydrogens is 397 g/mol. The van der Waals surface area contributed by atoms with E-state index in [0.29, 0.717) is 29.8 Å². The molecule has 1 heterocycles. The third-order valence-corrected chi connectivity index (χ3v) is 6.52. The number of halogens is 1. The zero-order valence-electron chi connectivity index (χ0n) is 16.0. The zero-order chi connectivity index (χ0) is 21.0. The van der Waals surface area contributed by atoms with Crippen molar-refractivity contribution in [2.24, 2.45) is 0 Å². The van der Waals surface area contributed by atoms with E-state index >= 15 is 0 Å². The Kier molecular flexibility index (Phi) is 6.41. The molecule has 1 aliphatic heterocycles. The molecule has 0 bridgehead atoms. The molecule has 0 radical (unpaired) electrons. The Labute approximate surface area is 169 Å². The first kappa shape index (κ1) is 21.1. The number of nitrogens with one attached hydrogen (secondary N) is 1. The second-order valence-electron chi connectivity index (χ2n) is 6.84. The van der Waals surface area contributed by atoms with Gasteiger partial charge in [0.2, 0.25) is 5.91 Å². The molecular formula is C20H22FN3O4S. The minimum Gasteiger partial charge on any atom is -0.325 e. The molecule has 0 spiro atoms.